The zero-order valence-corrected chi connectivity index (χ0v) is 16.2. The largest absolute Gasteiger partial charge is 0.352 e. The monoisotopic (exact) mass is 383 g/mol. The first-order chi connectivity index (χ1) is 14.2. The van der Waals surface area contributed by atoms with Crippen LogP contribution < -0.4 is 4.90 Å². The number of rotatable bonds is 3. The Labute approximate surface area is 169 Å². The second-order valence-electron chi connectivity index (χ2n) is 6.98. The Morgan fingerprint density at radius 3 is 2.24 bits per heavy atom. The van der Waals surface area contributed by atoms with Gasteiger partial charge in [-0.2, -0.15) is 5.26 Å². The van der Waals surface area contributed by atoms with E-state index in [1.54, 1.807) is 11.0 Å². The summed E-state index contributed by atoms with van der Waals surface area (Å²) in [5, 5.41) is 9.46. The molecule has 0 N–H and O–H groups in total. The van der Waals surface area contributed by atoms with Gasteiger partial charge in [0.05, 0.1) is 16.7 Å². The van der Waals surface area contributed by atoms with Crippen LogP contribution in [0.2, 0.25) is 0 Å². The molecule has 2 heterocycles. The Morgan fingerprint density at radius 1 is 0.966 bits per heavy atom. The summed E-state index contributed by atoms with van der Waals surface area (Å²) in [5.41, 5.74) is 3.63. The Bertz CT molecular complexity index is 1110. The topological polar surface area (TPSA) is 73.1 Å². The molecule has 0 atom stereocenters. The van der Waals surface area contributed by atoms with E-state index < -0.39 is 0 Å². The highest BCUT2D eigenvalue weighted by Gasteiger charge is 2.25. The number of nitrogens with zero attached hydrogens (tertiary/aromatic N) is 5. The minimum atomic E-state index is -0.225. The predicted octanol–water partition coefficient (Wildman–Crippen LogP) is 3.19. The average molecular weight is 383 g/mol. The van der Waals surface area contributed by atoms with E-state index in [0.29, 0.717) is 26.2 Å². The summed E-state index contributed by atoms with van der Waals surface area (Å²) in [4.78, 5) is 26.1. The van der Waals surface area contributed by atoms with Gasteiger partial charge in [0.25, 0.3) is 5.91 Å². The number of nitriles is 1. The number of hydrogen-bond acceptors (Lipinski definition) is 5. The molecule has 0 saturated carbocycles. The highest BCUT2D eigenvalue weighted by atomic mass is 16.2. The lowest BCUT2D eigenvalue weighted by Gasteiger charge is -2.35. The summed E-state index contributed by atoms with van der Waals surface area (Å²) in [6, 6.07) is 19.3. The first-order valence-electron chi connectivity index (χ1n) is 9.60. The fourth-order valence-corrected chi connectivity index (χ4v) is 3.53. The van der Waals surface area contributed by atoms with Crippen molar-refractivity contribution in [2.24, 2.45) is 0 Å². The third-order valence-electron chi connectivity index (χ3n) is 5.05. The van der Waals surface area contributed by atoms with E-state index in [9.17, 15) is 10.1 Å². The van der Waals surface area contributed by atoms with Gasteiger partial charge in [-0.25, -0.2) is 9.97 Å². The number of aromatic nitrogens is 2. The number of carbonyl (C=O) groups is 1. The van der Waals surface area contributed by atoms with Crippen molar-refractivity contribution in [3.05, 3.63) is 71.4 Å². The molecule has 1 aliphatic heterocycles. The summed E-state index contributed by atoms with van der Waals surface area (Å²) in [6.07, 6.45) is 1.65. The maximum absolute atomic E-state index is 12.8. The molecule has 1 aromatic heterocycles. The van der Waals surface area contributed by atoms with Gasteiger partial charge in [0, 0.05) is 26.2 Å². The van der Waals surface area contributed by atoms with Gasteiger partial charge in [-0.3, -0.25) is 4.79 Å². The predicted molar refractivity (Wildman–Crippen MR) is 113 cm³/mol. The highest BCUT2D eigenvalue weighted by Crippen LogP contribution is 2.22. The zero-order chi connectivity index (χ0) is 20.2. The van der Waals surface area contributed by atoms with Crippen molar-refractivity contribution < 1.29 is 4.79 Å². The van der Waals surface area contributed by atoms with Gasteiger partial charge < -0.3 is 9.80 Å². The lowest BCUT2D eigenvalue weighted by molar-refractivity contribution is -0.126. The van der Waals surface area contributed by atoms with E-state index in [-0.39, 0.29) is 11.5 Å². The molecule has 2 aromatic carbocycles. The number of hydrogen-bond donors (Lipinski definition) is 0. The standard InChI is InChI=1S/C23H21N5O/c1-17-22(26-21-10-6-5-9-20(21)25-17)27-11-13-28(14-12-27)23(29)19(16-24)15-18-7-3-2-4-8-18/h2-10,15H,11-14H2,1H3/b19-15+. The minimum absolute atomic E-state index is 0.159. The van der Waals surface area contributed by atoms with Crippen LogP contribution >= 0.6 is 0 Å². The van der Waals surface area contributed by atoms with E-state index in [0.717, 1.165) is 28.1 Å². The van der Waals surface area contributed by atoms with Crippen LogP contribution in [0, 0.1) is 18.3 Å². The van der Waals surface area contributed by atoms with Crippen molar-refractivity contribution in [3.63, 3.8) is 0 Å². The fraction of sp³-hybridized carbons (Fsp3) is 0.217. The van der Waals surface area contributed by atoms with Crippen molar-refractivity contribution in [3.8, 4) is 6.07 Å². The molecule has 0 unspecified atom stereocenters. The van der Waals surface area contributed by atoms with Crippen LogP contribution in [0.1, 0.15) is 11.3 Å². The number of benzene rings is 2. The number of fused-ring (bicyclic) bond motifs is 1. The molecule has 1 fully saturated rings. The Morgan fingerprint density at radius 2 is 1.59 bits per heavy atom. The van der Waals surface area contributed by atoms with Gasteiger partial charge in [-0.05, 0) is 30.7 Å². The zero-order valence-electron chi connectivity index (χ0n) is 16.2. The van der Waals surface area contributed by atoms with Crippen LogP contribution in [0.3, 0.4) is 0 Å². The molecule has 0 radical (unpaired) electrons. The van der Waals surface area contributed by atoms with E-state index in [1.807, 2.05) is 61.5 Å². The first kappa shape index (κ1) is 18.6. The molecular formula is C23H21N5O. The molecule has 6 nitrogen and oxygen atoms in total. The van der Waals surface area contributed by atoms with Gasteiger partial charge in [0.2, 0.25) is 0 Å². The Balaban J connectivity index is 1.48. The van der Waals surface area contributed by atoms with Gasteiger partial charge in [0.15, 0.2) is 5.82 Å². The van der Waals surface area contributed by atoms with E-state index in [4.69, 9.17) is 4.98 Å². The molecule has 144 valence electrons. The van der Waals surface area contributed by atoms with Crippen LogP contribution in [0.15, 0.2) is 60.2 Å². The number of piperazine rings is 1. The van der Waals surface area contributed by atoms with Gasteiger partial charge in [0.1, 0.15) is 11.6 Å². The van der Waals surface area contributed by atoms with Crippen molar-refractivity contribution in [1.29, 1.82) is 5.26 Å². The normalized spacial score (nSPS) is 14.7. The SMILES string of the molecule is Cc1nc2ccccc2nc1N1CCN(C(=O)/C(C#N)=C/c2ccccc2)CC1. The van der Waals surface area contributed by atoms with Crippen LogP contribution in [-0.4, -0.2) is 47.0 Å². The lowest BCUT2D eigenvalue weighted by atomic mass is 10.1. The molecule has 3 aromatic rings. The fourth-order valence-electron chi connectivity index (χ4n) is 3.53. The van der Waals surface area contributed by atoms with Crippen molar-refractivity contribution in [2.45, 2.75) is 6.92 Å². The highest BCUT2D eigenvalue weighted by molar-refractivity contribution is 6.01. The maximum atomic E-state index is 12.8. The molecule has 1 saturated heterocycles. The smallest absolute Gasteiger partial charge is 0.264 e. The second-order valence-corrected chi connectivity index (χ2v) is 6.98. The summed E-state index contributed by atoms with van der Waals surface area (Å²) in [6.45, 7) is 4.36. The van der Waals surface area contributed by atoms with E-state index in [1.165, 1.54) is 0 Å². The molecule has 6 heteroatoms. The maximum Gasteiger partial charge on any atom is 0.264 e. The van der Waals surface area contributed by atoms with Crippen molar-refractivity contribution in [1.82, 2.24) is 14.9 Å². The Kier molecular flexibility index (Phi) is 5.21. The van der Waals surface area contributed by atoms with Crippen LogP contribution in [0.25, 0.3) is 17.1 Å². The molecule has 1 amide bonds. The third-order valence-corrected chi connectivity index (χ3v) is 5.05. The Hall–Kier alpha value is -3.72. The number of amides is 1. The van der Waals surface area contributed by atoms with Crippen LogP contribution in [0.4, 0.5) is 5.82 Å². The molecule has 29 heavy (non-hydrogen) atoms. The number of carbonyl (C=O) groups excluding carboxylic acids is 1. The summed E-state index contributed by atoms with van der Waals surface area (Å²) in [7, 11) is 0. The molecule has 1 aliphatic rings. The number of anilines is 1. The van der Waals surface area contributed by atoms with Crippen molar-refractivity contribution >= 4 is 28.8 Å². The van der Waals surface area contributed by atoms with Crippen molar-refractivity contribution in [2.75, 3.05) is 31.1 Å². The summed E-state index contributed by atoms with van der Waals surface area (Å²) >= 11 is 0. The summed E-state index contributed by atoms with van der Waals surface area (Å²) in [5.74, 6) is 0.633. The molecule has 0 spiro atoms. The first-order valence-corrected chi connectivity index (χ1v) is 9.60. The summed E-state index contributed by atoms with van der Waals surface area (Å²) < 4.78 is 0. The van der Waals surface area contributed by atoms with Crippen LogP contribution in [-0.2, 0) is 4.79 Å². The van der Waals surface area contributed by atoms with E-state index >= 15 is 0 Å². The quantitative estimate of drug-likeness (QED) is 0.513. The molecule has 4 rings (SSSR count). The van der Waals surface area contributed by atoms with E-state index in [2.05, 4.69) is 16.0 Å². The number of aryl methyl sites for hydroxylation is 1. The average Bonchev–Trinajstić information content (AvgIpc) is 2.77. The lowest BCUT2D eigenvalue weighted by Crippen LogP contribution is -2.49. The second kappa shape index (κ2) is 8.11. The minimum Gasteiger partial charge on any atom is -0.352 e. The molecule has 0 aliphatic carbocycles. The molecular weight excluding hydrogens is 362 g/mol. The number of para-hydroxylation sites is 2. The van der Waals surface area contributed by atoms with Gasteiger partial charge in [-0.1, -0.05) is 42.5 Å². The van der Waals surface area contributed by atoms with Crippen LogP contribution in [0.5, 0.6) is 0 Å². The van der Waals surface area contributed by atoms with Gasteiger partial charge >= 0.3 is 0 Å². The molecule has 0 bridgehead atoms. The third kappa shape index (κ3) is 3.94. The van der Waals surface area contributed by atoms with Gasteiger partial charge in [-0.15, -0.1) is 0 Å².